The Balaban J connectivity index is 1.32. The minimum atomic E-state index is -3.49. The molecule has 0 atom stereocenters. The van der Waals surface area contributed by atoms with Crippen molar-refractivity contribution in [1.29, 1.82) is 0 Å². The average molecular weight is 506 g/mol. The maximum Gasteiger partial charge on any atom is 0.341 e. The summed E-state index contributed by atoms with van der Waals surface area (Å²) in [7, 11) is -3.49. The van der Waals surface area contributed by atoms with Gasteiger partial charge >= 0.3 is 12.0 Å². The highest BCUT2D eigenvalue weighted by Gasteiger charge is 2.30. The zero-order chi connectivity index (χ0) is 24.1. The minimum absolute atomic E-state index is 0.189. The van der Waals surface area contributed by atoms with Crippen LogP contribution in [0.15, 0.2) is 35.2 Å². The Kier molecular flexibility index (Phi) is 7.90. The molecule has 1 fully saturated rings. The van der Waals surface area contributed by atoms with E-state index < -0.39 is 10.0 Å². The number of carbonyl (C=O) groups excluding carboxylic acids is 2. The minimum Gasteiger partial charge on any atom is -0.462 e. The number of rotatable bonds is 7. The zero-order valence-corrected chi connectivity index (χ0v) is 21.0. The fourth-order valence-corrected chi connectivity index (χ4v) is 7.32. The van der Waals surface area contributed by atoms with Gasteiger partial charge in [-0.15, -0.1) is 11.3 Å². The number of carbonyl (C=O) groups is 2. The smallest absolute Gasteiger partial charge is 0.341 e. The molecule has 0 bridgehead atoms. The van der Waals surface area contributed by atoms with Gasteiger partial charge in [-0.1, -0.05) is 18.2 Å². The molecule has 8 nitrogen and oxygen atoms in total. The second-order valence-corrected chi connectivity index (χ2v) is 11.7. The van der Waals surface area contributed by atoms with Gasteiger partial charge in [0.15, 0.2) is 0 Å². The summed E-state index contributed by atoms with van der Waals surface area (Å²) in [5.41, 5.74) is 1.51. The zero-order valence-electron chi connectivity index (χ0n) is 19.3. The summed E-state index contributed by atoms with van der Waals surface area (Å²) >= 11 is 1.46. The van der Waals surface area contributed by atoms with Crippen LogP contribution in [0.1, 0.15) is 53.4 Å². The third-order valence-corrected chi connectivity index (χ3v) is 9.50. The maximum absolute atomic E-state index is 12.8. The number of hydrogen-bond acceptors (Lipinski definition) is 6. The van der Waals surface area contributed by atoms with Gasteiger partial charge in [-0.25, -0.2) is 18.0 Å². The quantitative estimate of drug-likeness (QED) is 0.553. The van der Waals surface area contributed by atoms with Gasteiger partial charge in [0, 0.05) is 24.5 Å². The molecule has 2 aromatic rings. The number of ether oxygens (including phenoxy) is 1. The van der Waals surface area contributed by atoms with Gasteiger partial charge in [0.2, 0.25) is 10.0 Å². The lowest BCUT2D eigenvalue weighted by atomic mass is 9.95. The van der Waals surface area contributed by atoms with Gasteiger partial charge in [0.25, 0.3) is 0 Å². The van der Waals surface area contributed by atoms with Crippen LogP contribution in [-0.4, -0.2) is 51.0 Å². The molecule has 4 rings (SSSR count). The van der Waals surface area contributed by atoms with E-state index in [0.29, 0.717) is 47.9 Å². The number of benzene rings is 1. The predicted molar refractivity (Wildman–Crippen MR) is 132 cm³/mol. The summed E-state index contributed by atoms with van der Waals surface area (Å²) in [4.78, 5) is 26.7. The van der Waals surface area contributed by atoms with Gasteiger partial charge in [-0.2, -0.15) is 4.31 Å². The molecule has 1 aromatic carbocycles. The molecule has 1 aliphatic heterocycles. The van der Waals surface area contributed by atoms with Crippen molar-refractivity contribution in [3.8, 4) is 0 Å². The molecule has 0 saturated carbocycles. The number of sulfonamides is 1. The number of anilines is 1. The second-order valence-electron chi connectivity index (χ2n) is 8.63. The second kappa shape index (κ2) is 10.9. The molecule has 10 heteroatoms. The molecule has 1 saturated heterocycles. The van der Waals surface area contributed by atoms with Crippen LogP contribution < -0.4 is 10.6 Å². The summed E-state index contributed by atoms with van der Waals surface area (Å²) in [6.45, 7) is 3.36. The topological polar surface area (TPSA) is 105 Å². The summed E-state index contributed by atoms with van der Waals surface area (Å²) < 4.78 is 32.3. The number of hydrogen-bond donors (Lipinski definition) is 2. The van der Waals surface area contributed by atoms with E-state index >= 15 is 0 Å². The van der Waals surface area contributed by atoms with Gasteiger partial charge in [0.05, 0.1) is 17.1 Å². The van der Waals surface area contributed by atoms with Gasteiger partial charge < -0.3 is 10.1 Å². The number of nitrogens with zero attached hydrogens (tertiary/aromatic N) is 1. The molecule has 2 aliphatic rings. The van der Waals surface area contributed by atoms with E-state index in [1.807, 2.05) is 0 Å². The fraction of sp³-hybridized carbons (Fsp3) is 0.500. The first kappa shape index (κ1) is 24.7. The van der Waals surface area contributed by atoms with Crippen molar-refractivity contribution in [1.82, 2.24) is 9.62 Å². The van der Waals surface area contributed by atoms with Crippen LogP contribution in [0.2, 0.25) is 0 Å². The number of aryl methyl sites for hydroxylation is 1. The van der Waals surface area contributed by atoms with E-state index in [9.17, 15) is 18.0 Å². The summed E-state index contributed by atoms with van der Waals surface area (Å²) in [6.07, 6.45) is 5.20. The average Bonchev–Trinajstić information content (AvgIpc) is 3.21. The molecular weight excluding hydrogens is 474 g/mol. The Labute approximate surface area is 204 Å². The van der Waals surface area contributed by atoms with E-state index in [1.165, 1.54) is 15.6 Å². The first-order valence-electron chi connectivity index (χ1n) is 11.8. The number of thiophene rings is 1. The van der Waals surface area contributed by atoms with Gasteiger partial charge in [-0.05, 0) is 69.1 Å². The Bertz CT molecular complexity index is 1120. The SMILES string of the molecule is CCOC(=O)c1c(NC(=O)NCC2CCN(S(=O)(=O)c3ccccc3)CC2)sc2c1CCCC2. The first-order valence-corrected chi connectivity index (χ1v) is 14.1. The van der Waals surface area contributed by atoms with Crippen LogP contribution >= 0.6 is 11.3 Å². The Morgan fingerprint density at radius 1 is 1.12 bits per heavy atom. The number of esters is 1. The highest BCUT2D eigenvalue weighted by Crippen LogP contribution is 2.38. The number of nitrogens with one attached hydrogen (secondary N) is 2. The third kappa shape index (κ3) is 5.45. The standard InChI is InChI=1S/C24H31N3O5S2/c1-2-32-23(28)21-19-10-6-7-11-20(19)33-22(21)26-24(29)25-16-17-12-14-27(15-13-17)34(30,31)18-8-4-3-5-9-18/h3-5,8-9,17H,2,6-7,10-16H2,1H3,(H2,25,26,29). The summed E-state index contributed by atoms with van der Waals surface area (Å²) in [5, 5.41) is 6.31. The molecular formula is C24H31N3O5S2. The van der Waals surface area contributed by atoms with Gasteiger partial charge in [-0.3, -0.25) is 5.32 Å². The molecule has 0 unspecified atom stereocenters. The van der Waals surface area contributed by atoms with Crippen molar-refractivity contribution >= 4 is 38.4 Å². The highest BCUT2D eigenvalue weighted by molar-refractivity contribution is 7.89. The summed E-state index contributed by atoms with van der Waals surface area (Å²) in [5.74, 6) is -0.196. The lowest BCUT2D eigenvalue weighted by Crippen LogP contribution is -2.42. The van der Waals surface area contributed by atoms with E-state index in [1.54, 1.807) is 37.3 Å². The molecule has 1 aromatic heterocycles. The molecule has 0 radical (unpaired) electrons. The van der Waals surface area contributed by atoms with Crippen LogP contribution in [0.3, 0.4) is 0 Å². The molecule has 2 heterocycles. The van der Waals surface area contributed by atoms with Crippen molar-refractivity contribution in [2.45, 2.75) is 50.3 Å². The Hall–Kier alpha value is -2.43. The van der Waals surface area contributed by atoms with Crippen molar-refractivity contribution in [3.05, 3.63) is 46.3 Å². The molecule has 184 valence electrons. The van der Waals surface area contributed by atoms with Crippen molar-refractivity contribution < 1.29 is 22.7 Å². The predicted octanol–water partition coefficient (Wildman–Crippen LogP) is 4.03. The van der Waals surface area contributed by atoms with Crippen molar-refractivity contribution in [2.24, 2.45) is 5.92 Å². The molecule has 2 amide bonds. The van der Waals surface area contributed by atoms with Crippen molar-refractivity contribution in [2.75, 3.05) is 31.6 Å². The number of fused-ring (bicyclic) bond motifs is 1. The lowest BCUT2D eigenvalue weighted by molar-refractivity contribution is 0.0526. The fourth-order valence-electron chi connectivity index (χ4n) is 4.55. The third-order valence-electron chi connectivity index (χ3n) is 6.38. The Morgan fingerprint density at radius 2 is 1.82 bits per heavy atom. The van der Waals surface area contributed by atoms with E-state index in [2.05, 4.69) is 10.6 Å². The van der Waals surface area contributed by atoms with Crippen LogP contribution in [0.4, 0.5) is 9.80 Å². The number of urea groups is 1. The van der Waals surface area contributed by atoms with Crippen molar-refractivity contribution in [3.63, 3.8) is 0 Å². The number of piperidine rings is 1. The lowest BCUT2D eigenvalue weighted by Gasteiger charge is -2.31. The molecule has 0 spiro atoms. The van der Waals surface area contributed by atoms with Gasteiger partial charge in [0.1, 0.15) is 5.00 Å². The molecule has 2 N–H and O–H groups in total. The van der Waals surface area contributed by atoms with E-state index in [4.69, 9.17) is 4.74 Å². The maximum atomic E-state index is 12.8. The van der Waals surface area contributed by atoms with Crippen LogP contribution in [0, 0.1) is 5.92 Å². The number of amides is 2. The first-order chi connectivity index (χ1) is 16.4. The van der Waals surface area contributed by atoms with E-state index in [0.717, 1.165) is 36.1 Å². The normalized spacial score (nSPS) is 17.1. The van der Waals surface area contributed by atoms with Crippen LogP contribution in [0.25, 0.3) is 0 Å². The largest absolute Gasteiger partial charge is 0.462 e. The summed E-state index contributed by atoms with van der Waals surface area (Å²) in [6, 6.07) is 8.10. The highest BCUT2D eigenvalue weighted by atomic mass is 32.2. The van der Waals surface area contributed by atoms with Crippen LogP contribution in [0.5, 0.6) is 0 Å². The van der Waals surface area contributed by atoms with Crippen LogP contribution in [-0.2, 0) is 27.6 Å². The molecule has 1 aliphatic carbocycles. The monoisotopic (exact) mass is 505 g/mol. The Morgan fingerprint density at radius 3 is 2.53 bits per heavy atom. The van der Waals surface area contributed by atoms with E-state index in [-0.39, 0.29) is 24.5 Å². The molecule has 34 heavy (non-hydrogen) atoms.